The van der Waals surface area contributed by atoms with E-state index < -0.39 is 5.97 Å². The Hall–Kier alpha value is -1.10. The predicted octanol–water partition coefficient (Wildman–Crippen LogP) is 2.86. The molecule has 0 unspecified atom stereocenters. The number of carboxylic acid groups (broad SMARTS) is 1. The van der Waals surface area contributed by atoms with Crippen LogP contribution < -0.4 is 0 Å². The predicted molar refractivity (Wildman–Crippen MR) is 66.7 cm³/mol. The molecule has 0 saturated heterocycles. The first-order chi connectivity index (χ1) is 8.13. The van der Waals surface area contributed by atoms with Crippen molar-refractivity contribution in [2.45, 2.75) is 43.6 Å². The number of hydrogen-bond donors (Lipinski definition) is 1. The maximum absolute atomic E-state index is 11.1. The molecule has 4 nitrogen and oxygen atoms in total. The van der Waals surface area contributed by atoms with Gasteiger partial charge in [-0.2, -0.15) is 0 Å². The van der Waals surface area contributed by atoms with Crippen molar-refractivity contribution in [2.75, 3.05) is 6.26 Å². The lowest BCUT2D eigenvalue weighted by Crippen LogP contribution is -2.11. The molecule has 0 aliphatic heterocycles. The van der Waals surface area contributed by atoms with E-state index in [1.54, 1.807) is 6.92 Å². The van der Waals surface area contributed by atoms with Crippen LogP contribution in [0.1, 0.15) is 53.5 Å². The fourth-order valence-electron chi connectivity index (χ4n) is 2.33. The van der Waals surface area contributed by atoms with E-state index in [0.29, 0.717) is 16.6 Å². The first-order valence-electron chi connectivity index (χ1n) is 5.79. The lowest BCUT2D eigenvalue weighted by molar-refractivity contribution is 0.0690. The summed E-state index contributed by atoms with van der Waals surface area (Å²) < 4.78 is 0. The smallest absolute Gasteiger partial charge is 0.340 e. The molecule has 1 aliphatic rings. The second-order valence-corrected chi connectivity index (χ2v) is 5.13. The third-order valence-corrected chi connectivity index (χ3v) is 3.88. The van der Waals surface area contributed by atoms with Crippen molar-refractivity contribution in [3.8, 4) is 0 Å². The number of hydrogen-bond acceptors (Lipinski definition) is 4. The van der Waals surface area contributed by atoms with Gasteiger partial charge in [0, 0.05) is 5.92 Å². The molecule has 5 heteroatoms. The Morgan fingerprint density at radius 2 is 2.00 bits per heavy atom. The van der Waals surface area contributed by atoms with E-state index in [1.165, 1.54) is 24.6 Å². The number of thioether (sulfide) groups is 1. The topological polar surface area (TPSA) is 63.1 Å². The van der Waals surface area contributed by atoms with Gasteiger partial charge in [-0.05, 0) is 26.0 Å². The Kier molecular flexibility index (Phi) is 3.66. The van der Waals surface area contributed by atoms with E-state index in [0.717, 1.165) is 18.7 Å². The SMILES string of the molecule is CSc1nc(C2CCCC2)nc(C)c1C(=O)O. The van der Waals surface area contributed by atoms with Crippen molar-refractivity contribution in [3.05, 3.63) is 17.1 Å². The quantitative estimate of drug-likeness (QED) is 0.662. The molecule has 1 fully saturated rings. The molecule has 1 saturated carbocycles. The Labute approximate surface area is 105 Å². The summed E-state index contributed by atoms with van der Waals surface area (Å²) in [6, 6.07) is 0. The van der Waals surface area contributed by atoms with Crippen LogP contribution in [0.15, 0.2) is 5.03 Å². The fraction of sp³-hybridized carbons (Fsp3) is 0.583. The molecular formula is C12H16N2O2S. The molecule has 17 heavy (non-hydrogen) atoms. The first kappa shape index (κ1) is 12.4. The first-order valence-corrected chi connectivity index (χ1v) is 7.01. The van der Waals surface area contributed by atoms with E-state index in [9.17, 15) is 4.79 Å². The average Bonchev–Trinajstić information content (AvgIpc) is 2.80. The lowest BCUT2D eigenvalue weighted by Gasteiger charge is -2.12. The summed E-state index contributed by atoms with van der Waals surface area (Å²) in [6.07, 6.45) is 6.55. The molecule has 0 amide bonds. The summed E-state index contributed by atoms with van der Waals surface area (Å²) in [7, 11) is 0. The van der Waals surface area contributed by atoms with Crippen LogP contribution in [0, 0.1) is 6.92 Å². The van der Waals surface area contributed by atoms with Crippen molar-refractivity contribution in [3.63, 3.8) is 0 Å². The molecule has 0 bridgehead atoms. The van der Waals surface area contributed by atoms with Crippen molar-refractivity contribution in [2.24, 2.45) is 0 Å². The monoisotopic (exact) mass is 252 g/mol. The zero-order chi connectivity index (χ0) is 12.4. The van der Waals surface area contributed by atoms with Crippen LogP contribution in [0.3, 0.4) is 0 Å². The molecule has 0 atom stereocenters. The van der Waals surface area contributed by atoms with Crippen molar-refractivity contribution >= 4 is 17.7 Å². The molecule has 92 valence electrons. The van der Waals surface area contributed by atoms with Crippen molar-refractivity contribution in [1.82, 2.24) is 9.97 Å². The highest BCUT2D eigenvalue weighted by molar-refractivity contribution is 7.98. The van der Waals surface area contributed by atoms with Gasteiger partial charge >= 0.3 is 5.97 Å². The summed E-state index contributed by atoms with van der Waals surface area (Å²) in [6.45, 7) is 1.75. The largest absolute Gasteiger partial charge is 0.478 e. The van der Waals surface area contributed by atoms with Crippen LogP contribution in [0.5, 0.6) is 0 Å². The van der Waals surface area contributed by atoms with Gasteiger partial charge in [-0.25, -0.2) is 14.8 Å². The number of aryl methyl sites for hydroxylation is 1. The third-order valence-electron chi connectivity index (χ3n) is 3.20. The number of nitrogens with zero attached hydrogens (tertiary/aromatic N) is 2. The maximum atomic E-state index is 11.1. The maximum Gasteiger partial charge on any atom is 0.340 e. The standard InChI is InChI=1S/C12H16N2O2S/c1-7-9(12(15)16)11(17-2)14-10(13-7)8-5-3-4-6-8/h8H,3-6H2,1-2H3,(H,15,16). The van der Waals surface area contributed by atoms with Crippen LogP contribution >= 0.6 is 11.8 Å². The lowest BCUT2D eigenvalue weighted by atomic mass is 10.1. The third kappa shape index (κ3) is 2.44. The number of carboxylic acids is 1. The summed E-state index contributed by atoms with van der Waals surface area (Å²) in [5.74, 6) is 0.307. The molecular weight excluding hydrogens is 236 g/mol. The summed E-state index contributed by atoms with van der Waals surface area (Å²) in [5, 5.41) is 9.73. The van der Waals surface area contributed by atoms with Crippen LogP contribution in [0.2, 0.25) is 0 Å². The van der Waals surface area contributed by atoms with E-state index >= 15 is 0 Å². The van der Waals surface area contributed by atoms with E-state index in [1.807, 2.05) is 6.26 Å². The van der Waals surface area contributed by atoms with Crippen LogP contribution in [-0.2, 0) is 0 Å². The summed E-state index contributed by atoms with van der Waals surface area (Å²) >= 11 is 1.38. The molecule has 2 rings (SSSR count). The molecule has 0 aromatic carbocycles. The minimum atomic E-state index is -0.940. The Balaban J connectivity index is 2.43. The van der Waals surface area contributed by atoms with Gasteiger partial charge in [0.15, 0.2) is 0 Å². The van der Waals surface area contributed by atoms with E-state index in [4.69, 9.17) is 5.11 Å². The van der Waals surface area contributed by atoms with Crippen molar-refractivity contribution in [1.29, 1.82) is 0 Å². The van der Waals surface area contributed by atoms with E-state index in [2.05, 4.69) is 9.97 Å². The second kappa shape index (κ2) is 5.04. The minimum Gasteiger partial charge on any atom is -0.478 e. The van der Waals surface area contributed by atoms with Crippen LogP contribution in [-0.4, -0.2) is 27.3 Å². The van der Waals surface area contributed by atoms with Crippen LogP contribution in [0.4, 0.5) is 0 Å². The number of aromatic carboxylic acids is 1. The average molecular weight is 252 g/mol. The van der Waals surface area contributed by atoms with Gasteiger partial charge in [-0.15, -0.1) is 11.8 Å². The van der Waals surface area contributed by atoms with Crippen molar-refractivity contribution < 1.29 is 9.90 Å². The summed E-state index contributed by atoms with van der Waals surface area (Å²) in [4.78, 5) is 19.9. The molecule has 1 aromatic heterocycles. The number of carbonyl (C=O) groups is 1. The zero-order valence-corrected chi connectivity index (χ0v) is 10.9. The highest BCUT2D eigenvalue weighted by Gasteiger charge is 2.23. The minimum absolute atomic E-state index is 0.249. The van der Waals surface area contributed by atoms with Gasteiger partial charge in [0.25, 0.3) is 0 Å². The molecule has 1 aromatic rings. The molecule has 1 heterocycles. The van der Waals surface area contributed by atoms with Gasteiger partial charge in [0.2, 0.25) is 0 Å². The van der Waals surface area contributed by atoms with Gasteiger partial charge in [-0.1, -0.05) is 12.8 Å². The van der Waals surface area contributed by atoms with Gasteiger partial charge in [-0.3, -0.25) is 0 Å². The fourth-order valence-corrected chi connectivity index (χ4v) is 2.95. The second-order valence-electron chi connectivity index (χ2n) is 4.34. The van der Waals surface area contributed by atoms with Crippen LogP contribution in [0.25, 0.3) is 0 Å². The molecule has 0 radical (unpaired) electrons. The highest BCUT2D eigenvalue weighted by atomic mass is 32.2. The Bertz CT molecular complexity index is 442. The van der Waals surface area contributed by atoms with Gasteiger partial charge in [0.05, 0.1) is 5.69 Å². The Morgan fingerprint density at radius 3 is 2.53 bits per heavy atom. The number of aromatic nitrogens is 2. The van der Waals surface area contributed by atoms with Gasteiger partial charge in [0.1, 0.15) is 16.4 Å². The summed E-state index contributed by atoms with van der Waals surface area (Å²) in [5.41, 5.74) is 0.831. The normalized spacial score (nSPS) is 16.4. The van der Waals surface area contributed by atoms with E-state index in [-0.39, 0.29) is 5.56 Å². The zero-order valence-electron chi connectivity index (χ0n) is 10.1. The Morgan fingerprint density at radius 1 is 1.35 bits per heavy atom. The molecule has 1 aliphatic carbocycles. The highest BCUT2D eigenvalue weighted by Crippen LogP contribution is 2.33. The molecule has 0 spiro atoms. The number of rotatable bonds is 3. The van der Waals surface area contributed by atoms with Gasteiger partial charge < -0.3 is 5.11 Å². The molecule has 1 N–H and O–H groups in total.